The van der Waals surface area contributed by atoms with Crippen LogP contribution in [0.4, 0.5) is 15.8 Å². The van der Waals surface area contributed by atoms with Gasteiger partial charge in [0, 0.05) is 29.5 Å². The molecule has 0 saturated carbocycles. The van der Waals surface area contributed by atoms with E-state index in [-0.39, 0.29) is 5.56 Å². The summed E-state index contributed by atoms with van der Waals surface area (Å²) < 4.78 is 15.7. The number of hydrogen-bond acceptors (Lipinski definition) is 8. The highest BCUT2D eigenvalue weighted by Crippen LogP contribution is 2.25. The molecule has 0 unspecified atom stereocenters. The van der Waals surface area contributed by atoms with Gasteiger partial charge in [-0.1, -0.05) is 0 Å². The second-order valence-electron chi connectivity index (χ2n) is 8.54. The molecule has 10 nitrogen and oxygen atoms in total. The molecule has 0 radical (unpaired) electrons. The predicted molar refractivity (Wildman–Crippen MR) is 129 cm³/mol. The van der Waals surface area contributed by atoms with Gasteiger partial charge in [-0.3, -0.25) is 4.79 Å². The van der Waals surface area contributed by atoms with Crippen LogP contribution in [-0.4, -0.2) is 49.1 Å². The number of carbonyl (C=O) groups excluding carboxylic acids is 1. The number of anilines is 2. The molecule has 0 aliphatic carbocycles. The van der Waals surface area contributed by atoms with Gasteiger partial charge in [-0.15, -0.1) is 0 Å². The number of rotatable bonds is 7. The Labute approximate surface area is 205 Å². The largest absolute Gasteiger partial charge is 0.387 e. The molecule has 3 N–H and O–H groups in total. The Morgan fingerprint density at radius 3 is 2.50 bits per heavy atom. The molecular weight excluding hydrogens is 463 g/mol. The number of amides is 1. The molecule has 0 bridgehead atoms. The second kappa shape index (κ2) is 9.78. The third-order valence-corrected chi connectivity index (χ3v) is 5.39. The number of nitrogens with one attached hydrogen (secondary N) is 2. The highest BCUT2D eigenvalue weighted by molar-refractivity contribution is 6.00. The molecule has 0 fully saturated rings. The fraction of sp³-hybridized carbons (Fsp3) is 0.200. The van der Waals surface area contributed by atoms with E-state index in [0.717, 1.165) is 0 Å². The standard InChI is InChI=1S/C25H21FN8O2/c1-25(2,36)21(26)14-31-24(35)19-13-29-22(8-20(19)33-18-5-3-15(9-27)4-6-18)34-23-17(12-32-34)7-16(10-28)11-30-23/h3-8,11-13,21,36H,14H2,1-2H3,(H,29,33)(H,31,35)/t21-/m1/s1. The van der Waals surface area contributed by atoms with E-state index in [4.69, 9.17) is 10.5 Å². The van der Waals surface area contributed by atoms with Crippen LogP contribution in [0.25, 0.3) is 16.9 Å². The molecule has 180 valence electrons. The van der Waals surface area contributed by atoms with Gasteiger partial charge in [0.15, 0.2) is 11.5 Å². The van der Waals surface area contributed by atoms with Crippen LogP contribution in [0.5, 0.6) is 0 Å². The normalized spacial score (nSPS) is 11.9. The maximum Gasteiger partial charge on any atom is 0.255 e. The lowest BCUT2D eigenvalue weighted by molar-refractivity contribution is -0.00177. The molecule has 1 aromatic carbocycles. The minimum atomic E-state index is -1.68. The van der Waals surface area contributed by atoms with Crippen molar-refractivity contribution in [3.63, 3.8) is 0 Å². The van der Waals surface area contributed by atoms with E-state index < -0.39 is 24.2 Å². The molecule has 0 aliphatic heterocycles. The molecular formula is C25H21FN8O2. The Balaban J connectivity index is 1.71. The zero-order valence-corrected chi connectivity index (χ0v) is 19.4. The zero-order valence-electron chi connectivity index (χ0n) is 19.4. The van der Waals surface area contributed by atoms with E-state index in [1.807, 2.05) is 12.1 Å². The number of aliphatic hydroxyl groups is 1. The van der Waals surface area contributed by atoms with Gasteiger partial charge in [0.2, 0.25) is 0 Å². The highest BCUT2D eigenvalue weighted by atomic mass is 19.1. The second-order valence-corrected chi connectivity index (χ2v) is 8.54. The quantitative estimate of drug-likeness (QED) is 0.362. The van der Waals surface area contributed by atoms with Gasteiger partial charge in [-0.2, -0.15) is 20.3 Å². The van der Waals surface area contributed by atoms with Gasteiger partial charge < -0.3 is 15.7 Å². The van der Waals surface area contributed by atoms with E-state index in [2.05, 4.69) is 25.7 Å². The van der Waals surface area contributed by atoms with Gasteiger partial charge in [-0.05, 0) is 44.2 Å². The Bertz CT molecular complexity index is 1510. The maximum atomic E-state index is 14.2. The molecule has 3 heterocycles. The highest BCUT2D eigenvalue weighted by Gasteiger charge is 2.27. The Morgan fingerprint density at radius 1 is 1.11 bits per heavy atom. The Hall–Kier alpha value is -4.87. The lowest BCUT2D eigenvalue weighted by atomic mass is 10.0. The van der Waals surface area contributed by atoms with Crippen LogP contribution in [-0.2, 0) is 0 Å². The van der Waals surface area contributed by atoms with E-state index in [9.17, 15) is 14.3 Å². The summed E-state index contributed by atoms with van der Waals surface area (Å²) in [5.41, 5.74) is 0.789. The van der Waals surface area contributed by atoms with Crippen molar-refractivity contribution < 1.29 is 14.3 Å². The summed E-state index contributed by atoms with van der Waals surface area (Å²) in [6, 6.07) is 13.9. The van der Waals surface area contributed by atoms with Gasteiger partial charge in [0.05, 0.1) is 46.8 Å². The first-order valence-electron chi connectivity index (χ1n) is 10.9. The number of nitrogens with zero attached hydrogens (tertiary/aromatic N) is 6. The van der Waals surface area contributed by atoms with E-state index in [1.165, 1.54) is 30.9 Å². The number of hydrogen-bond donors (Lipinski definition) is 3. The van der Waals surface area contributed by atoms with Crippen LogP contribution < -0.4 is 10.6 Å². The van der Waals surface area contributed by atoms with Crippen molar-refractivity contribution in [1.29, 1.82) is 10.5 Å². The Kier molecular flexibility index (Phi) is 6.59. The van der Waals surface area contributed by atoms with Crippen molar-refractivity contribution in [2.75, 3.05) is 11.9 Å². The topological polar surface area (TPSA) is 153 Å². The fourth-order valence-corrected chi connectivity index (χ4v) is 3.31. The van der Waals surface area contributed by atoms with Crippen molar-refractivity contribution in [3.05, 3.63) is 71.7 Å². The zero-order chi connectivity index (χ0) is 25.9. The van der Waals surface area contributed by atoms with Crippen LogP contribution in [0.1, 0.15) is 35.3 Å². The number of alkyl halides is 1. The lowest BCUT2D eigenvalue weighted by Crippen LogP contribution is -2.42. The molecule has 0 spiro atoms. The van der Waals surface area contributed by atoms with Crippen molar-refractivity contribution in [1.82, 2.24) is 25.1 Å². The first kappa shape index (κ1) is 24.3. The van der Waals surface area contributed by atoms with Crippen molar-refractivity contribution in [2.45, 2.75) is 25.6 Å². The van der Waals surface area contributed by atoms with E-state index in [0.29, 0.717) is 39.4 Å². The lowest BCUT2D eigenvalue weighted by Gasteiger charge is -2.22. The maximum absolute atomic E-state index is 14.2. The molecule has 1 atom stereocenters. The average molecular weight is 484 g/mol. The van der Waals surface area contributed by atoms with Gasteiger partial charge in [0.1, 0.15) is 12.2 Å². The van der Waals surface area contributed by atoms with E-state index in [1.54, 1.807) is 42.6 Å². The number of nitriles is 2. The number of pyridine rings is 2. The fourth-order valence-electron chi connectivity index (χ4n) is 3.31. The smallest absolute Gasteiger partial charge is 0.255 e. The molecule has 11 heteroatoms. The van der Waals surface area contributed by atoms with Crippen LogP contribution >= 0.6 is 0 Å². The SMILES string of the molecule is CC(C)(O)[C@H](F)CNC(=O)c1cnc(-n2ncc3cc(C#N)cnc32)cc1Nc1ccc(C#N)cc1. The van der Waals surface area contributed by atoms with Crippen LogP contribution in [0.3, 0.4) is 0 Å². The van der Waals surface area contributed by atoms with Crippen molar-refractivity contribution in [2.24, 2.45) is 0 Å². The summed E-state index contributed by atoms with van der Waals surface area (Å²) in [5, 5.41) is 38.5. The predicted octanol–water partition coefficient (Wildman–Crippen LogP) is 3.14. The molecule has 1 amide bonds. The number of halogens is 1. The molecule has 3 aromatic heterocycles. The average Bonchev–Trinajstić information content (AvgIpc) is 3.30. The van der Waals surface area contributed by atoms with E-state index >= 15 is 0 Å². The monoisotopic (exact) mass is 484 g/mol. The minimum Gasteiger partial charge on any atom is -0.387 e. The summed E-state index contributed by atoms with van der Waals surface area (Å²) in [6.07, 6.45) is 2.62. The first-order valence-corrected chi connectivity index (χ1v) is 10.9. The van der Waals surface area contributed by atoms with Crippen LogP contribution in [0.15, 0.2) is 55.0 Å². The summed E-state index contributed by atoms with van der Waals surface area (Å²) in [5.74, 6) is -0.256. The summed E-state index contributed by atoms with van der Waals surface area (Å²) in [6.45, 7) is 2.25. The third kappa shape index (κ3) is 5.12. The molecule has 4 aromatic rings. The molecule has 0 aliphatic rings. The number of benzene rings is 1. The van der Waals surface area contributed by atoms with Gasteiger partial charge in [-0.25, -0.2) is 14.4 Å². The summed E-state index contributed by atoms with van der Waals surface area (Å²) in [7, 11) is 0. The third-order valence-electron chi connectivity index (χ3n) is 5.39. The number of aromatic nitrogens is 4. The molecule has 4 rings (SSSR count). The van der Waals surface area contributed by atoms with Gasteiger partial charge in [0.25, 0.3) is 5.91 Å². The summed E-state index contributed by atoms with van der Waals surface area (Å²) in [4.78, 5) is 21.6. The Morgan fingerprint density at radius 2 is 1.83 bits per heavy atom. The first-order chi connectivity index (χ1) is 17.2. The van der Waals surface area contributed by atoms with Crippen LogP contribution in [0.2, 0.25) is 0 Å². The van der Waals surface area contributed by atoms with Crippen LogP contribution in [0, 0.1) is 22.7 Å². The number of fused-ring (bicyclic) bond motifs is 1. The molecule has 0 saturated heterocycles. The summed E-state index contributed by atoms with van der Waals surface area (Å²) >= 11 is 0. The van der Waals surface area contributed by atoms with Crippen molar-refractivity contribution in [3.8, 4) is 18.0 Å². The van der Waals surface area contributed by atoms with Crippen molar-refractivity contribution >= 4 is 28.3 Å². The minimum absolute atomic E-state index is 0.127. The van der Waals surface area contributed by atoms with Gasteiger partial charge >= 0.3 is 0 Å². The number of carbonyl (C=O) groups is 1. The molecule has 36 heavy (non-hydrogen) atoms.